The Morgan fingerprint density at radius 2 is 1.79 bits per heavy atom. The molecular weight excluding hydrogens is 345 g/mol. The molecule has 24 heavy (non-hydrogen) atoms. The highest BCUT2D eigenvalue weighted by molar-refractivity contribution is 6.33. The van der Waals surface area contributed by atoms with Crippen LogP contribution in [0, 0.1) is 0 Å². The molecular formula is C18H19Cl2N3O. The largest absolute Gasteiger partial charge is 0.368 e. The van der Waals surface area contributed by atoms with E-state index < -0.39 is 0 Å². The lowest BCUT2D eigenvalue weighted by molar-refractivity contribution is 0.102. The number of rotatable bonds is 3. The van der Waals surface area contributed by atoms with Crippen LogP contribution in [0.2, 0.25) is 10.0 Å². The number of carbonyl (C=O) groups is 1. The second kappa shape index (κ2) is 7.43. The molecule has 2 aromatic carbocycles. The number of hydrogen-bond acceptors (Lipinski definition) is 3. The molecule has 0 aliphatic carbocycles. The van der Waals surface area contributed by atoms with Crippen LogP contribution >= 0.6 is 23.2 Å². The van der Waals surface area contributed by atoms with Gasteiger partial charge in [0.2, 0.25) is 0 Å². The van der Waals surface area contributed by atoms with Gasteiger partial charge in [0.25, 0.3) is 5.91 Å². The predicted octanol–water partition coefficient (Wildman–Crippen LogP) is 4.00. The Labute approximate surface area is 152 Å². The first-order valence-corrected chi connectivity index (χ1v) is 8.58. The van der Waals surface area contributed by atoms with Gasteiger partial charge in [-0.1, -0.05) is 29.3 Å². The average Bonchev–Trinajstić information content (AvgIpc) is 2.56. The summed E-state index contributed by atoms with van der Waals surface area (Å²) in [6.45, 7) is 3.93. The van der Waals surface area contributed by atoms with Crippen LogP contribution in [0.4, 0.5) is 11.4 Å². The maximum Gasteiger partial charge on any atom is 0.255 e. The highest BCUT2D eigenvalue weighted by atomic mass is 35.5. The van der Waals surface area contributed by atoms with Gasteiger partial charge in [0.05, 0.1) is 10.7 Å². The van der Waals surface area contributed by atoms with Gasteiger partial charge >= 0.3 is 0 Å². The molecule has 1 aliphatic heterocycles. The third-order valence-electron chi connectivity index (χ3n) is 4.14. The molecule has 1 fully saturated rings. The molecule has 1 amide bonds. The number of piperazine rings is 1. The second-order valence-electron chi connectivity index (χ2n) is 5.92. The van der Waals surface area contributed by atoms with Crippen molar-refractivity contribution in [2.24, 2.45) is 0 Å². The van der Waals surface area contributed by atoms with Crippen LogP contribution < -0.4 is 10.2 Å². The van der Waals surface area contributed by atoms with Gasteiger partial charge in [-0.05, 0) is 43.4 Å². The van der Waals surface area contributed by atoms with Crippen LogP contribution in [0.15, 0.2) is 42.5 Å². The number of halogens is 2. The summed E-state index contributed by atoms with van der Waals surface area (Å²) in [5.74, 6) is -0.207. The molecule has 0 atom stereocenters. The van der Waals surface area contributed by atoms with Gasteiger partial charge in [0.15, 0.2) is 0 Å². The number of amides is 1. The Bertz CT molecular complexity index is 743. The molecule has 126 valence electrons. The molecule has 2 aromatic rings. The van der Waals surface area contributed by atoms with Gasteiger partial charge in [-0.15, -0.1) is 0 Å². The van der Waals surface area contributed by atoms with Crippen molar-refractivity contribution in [2.75, 3.05) is 43.4 Å². The molecule has 1 saturated heterocycles. The van der Waals surface area contributed by atoms with E-state index in [1.807, 2.05) is 12.1 Å². The first-order chi connectivity index (χ1) is 11.5. The lowest BCUT2D eigenvalue weighted by Crippen LogP contribution is -2.44. The zero-order valence-electron chi connectivity index (χ0n) is 13.4. The highest BCUT2D eigenvalue weighted by Crippen LogP contribution is 2.29. The van der Waals surface area contributed by atoms with Crippen LogP contribution in [-0.4, -0.2) is 44.0 Å². The molecule has 0 spiro atoms. The van der Waals surface area contributed by atoms with Crippen molar-refractivity contribution >= 4 is 40.5 Å². The third-order valence-corrected chi connectivity index (χ3v) is 4.67. The Kier molecular flexibility index (Phi) is 5.29. The zero-order chi connectivity index (χ0) is 17.1. The third kappa shape index (κ3) is 4.01. The first-order valence-electron chi connectivity index (χ1n) is 7.83. The number of anilines is 2. The number of likely N-dealkylation sites (N-methyl/N-ethyl adjacent to an activating group) is 1. The summed E-state index contributed by atoms with van der Waals surface area (Å²) in [5.41, 5.74) is 2.19. The molecule has 0 unspecified atom stereocenters. The van der Waals surface area contributed by atoms with Gasteiger partial charge in [-0.3, -0.25) is 4.79 Å². The van der Waals surface area contributed by atoms with Crippen LogP contribution in [-0.2, 0) is 0 Å². The van der Waals surface area contributed by atoms with Gasteiger partial charge in [-0.25, -0.2) is 0 Å². The van der Waals surface area contributed by atoms with E-state index in [0.717, 1.165) is 31.9 Å². The predicted molar refractivity (Wildman–Crippen MR) is 101 cm³/mol. The molecule has 4 nitrogen and oxygen atoms in total. The lowest BCUT2D eigenvalue weighted by Gasteiger charge is -2.34. The van der Waals surface area contributed by atoms with E-state index in [9.17, 15) is 4.79 Å². The van der Waals surface area contributed by atoms with E-state index in [0.29, 0.717) is 21.3 Å². The van der Waals surface area contributed by atoms with E-state index in [4.69, 9.17) is 23.2 Å². The maximum absolute atomic E-state index is 12.3. The monoisotopic (exact) mass is 363 g/mol. The fraction of sp³-hybridized carbons (Fsp3) is 0.278. The topological polar surface area (TPSA) is 35.6 Å². The lowest BCUT2D eigenvalue weighted by atomic mass is 10.2. The fourth-order valence-electron chi connectivity index (χ4n) is 2.72. The summed E-state index contributed by atoms with van der Waals surface area (Å²) in [4.78, 5) is 16.8. The molecule has 6 heteroatoms. The van der Waals surface area contributed by atoms with Crippen molar-refractivity contribution < 1.29 is 4.79 Å². The number of nitrogens with zero attached hydrogens (tertiary/aromatic N) is 2. The molecule has 0 radical (unpaired) electrons. The molecule has 3 rings (SSSR count). The van der Waals surface area contributed by atoms with Crippen molar-refractivity contribution in [1.82, 2.24) is 4.90 Å². The quantitative estimate of drug-likeness (QED) is 0.894. The maximum atomic E-state index is 12.3. The Balaban J connectivity index is 1.71. The number of carbonyl (C=O) groups excluding carboxylic acids is 1. The van der Waals surface area contributed by atoms with E-state index >= 15 is 0 Å². The smallest absolute Gasteiger partial charge is 0.255 e. The van der Waals surface area contributed by atoms with Crippen LogP contribution in [0.5, 0.6) is 0 Å². The van der Waals surface area contributed by atoms with Gasteiger partial charge in [-0.2, -0.15) is 0 Å². The van der Waals surface area contributed by atoms with E-state index in [1.54, 1.807) is 30.3 Å². The Hall–Kier alpha value is -1.75. The zero-order valence-corrected chi connectivity index (χ0v) is 14.9. The normalized spacial score (nSPS) is 15.4. The van der Waals surface area contributed by atoms with Crippen LogP contribution in [0.25, 0.3) is 0 Å². The van der Waals surface area contributed by atoms with E-state index in [1.165, 1.54) is 0 Å². The molecule has 0 bridgehead atoms. The number of hydrogen-bond donors (Lipinski definition) is 1. The van der Waals surface area contributed by atoms with Gasteiger partial charge < -0.3 is 15.1 Å². The summed E-state index contributed by atoms with van der Waals surface area (Å²) in [6.07, 6.45) is 0. The van der Waals surface area contributed by atoms with Crippen LogP contribution in [0.3, 0.4) is 0 Å². The summed E-state index contributed by atoms with van der Waals surface area (Å²) < 4.78 is 0. The molecule has 1 aliphatic rings. The molecule has 1 heterocycles. The first kappa shape index (κ1) is 17.1. The molecule has 1 N–H and O–H groups in total. The fourth-order valence-corrected chi connectivity index (χ4v) is 3.21. The minimum absolute atomic E-state index is 0.207. The van der Waals surface area contributed by atoms with Crippen LogP contribution in [0.1, 0.15) is 10.4 Å². The van der Waals surface area contributed by atoms with Crippen molar-refractivity contribution in [3.8, 4) is 0 Å². The van der Waals surface area contributed by atoms with Crippen molar-refractivity contribution in [3.63, 3.8) is 0 Å². The number of nitrogens with one attached hydrogen (secondary N) is 1. The molecule has 0 saturated carbocycles. The van der Waals surface area contributed by atoms with Gasteiger partial charge in [0.1, 0.15) is 0 Å². The summed E-state index contributed by atoms with van der Waals surface area (Å²) >= 11 is 12.4. The average molecular weight is 364 g/mol. The second-order valence-corrected chi connectivity index (χ2v) is 6.76. The van der Waals surface area contributed by atoms with Crippen molar-refractivity contribution in [2.45, 2.75) is 0 Å². The Morgan fingerprint density at radius 1 is 1.04 bits per heavy atom. The van der Waals surface area contributed by atoms with Crippen molar-refractivity contribution in [3.05, 3.63) is 58.1 Å². The minimum Gasteiger partial charge on any atom is -0.368 e. The van der Waals surface area contributed by atoms with Gasteiger partial charge in [0, 0.05) is 42.5 Å². The summed E-state index contributed by atoms with van der Waals surface area (Å²) in [6, 6.07) is 12.5. The summed E-state index contributed by atoms with van der Waals surface area (Å²) in [7, 11) is 2.12. The molecule has 0 aromatic heterocycles. The highest BCUT2D eigenvalue weighted by Gasteiger charge is 2.17. The SMILES string of the molecule is CN1CCN(c2ccc(NC(=O)c3cccc(Cl)c3)cc2Cl)CC1. The summed E-state index contributed by atoms with van der Waals surface area (Å²) in [5, 5.41) is 4.03. The minimum atomic E-state index is -0.207. The number of benzene rings is 2. The Morgan fingerprint density at radius 3 is 2.46 bits per heavy atom. The van der Waals surface area contributed by atoms with E-state index in [-0.39, 0.29) is 5.91 Å². The standard InChI is InChI=1S/C18H19Cl2N3O/c1-22-7-9-23(10-8-22)17-6-5-15(12-16(17)20)21-18(24)13-3-2-4-14(19)11-13/h2-6,11-12H,7-10H2,1H3,(H,21,24). The van der Waals surface area contributed by atoms with E-state index in [2.05, 4.69) is 22.2 Å². The van der Waals surface area contributed by atoms with Crippen molar-refractivity contribution in [1.29, 1.82) is 0 Å².